The lowest BCUT2D eigenvalue weighted by atomic mass is 9.95. The molecule has 3 aromatic rings. The molecule has 226 valence electrons. The molecular weight excluding hydrogens is 510 g/mol. The van der Waals surface area contributed by atoms with Gasteiger partial charge in [-0.2, -0.15) is 0 Å². The molecule has 0 radical (unpaired) electrons. The molecule has 1 aromatic heterocycles. The molecule has 1 heterocycles. The third-order valence-electron chi connectivity index (χ3n) is 7.86. The molecule has 3 nitrogen and oxygen atoms in total. The van der Waals surface area contributed by atoms with Crippen LogP contribution in [0.2, 0.25) is 0 Å². The maximum absolute atomic E-state index is 5.27. The molecule has 0 fully saturated rings. The van der Waals surface area contributed by atoms with Gasteiger partial charge in [0.15, 0.2) is 0 Å². The average Bonchev–Trinajstić information content (AvgIpc) is 2.97. The molecule has 0 aliphatic heterocycles. The first kappa shape index (κ1) is 33.4. The van der Waals surface area contributed by atoms with Crippen LogP contribution >= 0.6 is 0 Å². The summed E-state index contributed by atoms with van der Waals surface area (Å²) in [4.78, 5) is 15.6. The summed E-state index contributed by atoms with van der Waals surface area (Å²) in [5.74, 6) is 0. The van der Waals surface area contributed by atoms with Gasteiger partial charge in [-0.05, 0) is 97.9 Å². The third kappa shape index (κ3) is 8.96. The summed E-state index contributed by atoms with van der Waals surface area (Å²) in [5.41, 5.74) is 14.5. The number of rotatable bonds is 16. The number of aliphatic imine (C=N–C) groups is 2. The molecule has 0 aliphatic rings. The zero-order valence-electron chi connectivity index (χ0n) is 27.9. The second-order valence-electron chi connectivity index (χ2n) is 11.8. The fraction of sp³-hybridized carbons (Fsp3) is 0.513. The smallest absolute Gasteiger partial charge is 0.0849 e. The predicted molar refractivity (Wildman–Crippen MR) is 185 cm³/mol. The molecule has 0 amide bonds. The Hall–Kier alpha value is -3.07. The van der Waals surface area contributed by atoms with Crippen molar-refractivity contribution >= 4 is 22.8 Å². The number of nitrogens with zero attached hydrogens (tertiary/aromatic N) is 3. The van der Waals surface area contributed by atoms with Crippen LogP contribution in [0.3, 0.4) is 0 Å². The number of aryl methyl sites for hydroxylation is 6. The van der Waals surface area contributed by atoms with E-state index in [1.165, 1.54) is 46.2 Å². The van der Waals surface area contributed by atoms with Gasteiger partial charge in [-0.25, -0.2) is 4.98 Å². The topological polar surface area (TPSA) is 37.6 Å². The molecule has 0 unspecified atom stereocenters. The number of benzene rings is 2. The van der Waals surface area contributed by atoms with Gasteiger partial charge in [0, 0.05) is 0 Å². The molecule has 0 saturated heterocycles. The van der Waals surface area contributed by atoms with Gasteiger partial charge in [0.05, 0.1) is 34.2 Å². The molecule has 3 rings (SSSR count). The first-order chi connectivity index (χ1) is 20.4. The van der Waals surface area contributed by atoms with Crippen LogP contribution in [-0.2, 0) is 38.5 Å². The Bertz CT molecular complexity index is 1210. The van der Waals surface area contributed by atoms with Gasteiger partial charge in [-0.15, -0.1) is 0 Å². The van der Waals surface area contributed by atoms with Gasteiger partial charge in [0.2, 0.25) is 0 Å². The normalized spacial score (nSPS) is 12.3. The van der Waals surface area contributed by atoms with Crippen molar-refractivity contribution in [2.24, 2.45) is 9.98 Å². The Morgan fingerprint density at radius 1 is 0.500 bits per heavy atom. The van der Waals surface area contributed by atoms with E-state index >= 15 is 0 Å². The van der Waals surface area contributed by atoms with E-state index in [1.807, 2.05) is 0 Å². The number of pyridine rings is 1. The van der Waals surface area contributed by atoms with E-state index in [-0.39, 0.29) is 0 Å². The highest BCUT2D eigenvalue weighted by atomic mass is 14.8. The van der Waals surface area contributed by atoms with Gasteiger partial charge in [-0.1, -0.05) is 110 Å². The van der Waals surface area contributed by atoms with Gasteiger partial charge >= 0.3 is 0 Å². The minimum atomic E-state index is 0.922. The molecule has 0 bridgehead atoms. The minimum absolute atomic E-state index is 0.922. The predicted octanol–water partition coefficient (Wildman–Crippen LogP) is 11.1. The van der Waals surface area contributed by atoms with E-state index in [0.717, 1.165) is 98.4 Å². The Labute approximate surface area is 257 Å². The lowest BCUT2D eigenvalue weighted by Gasteiger charge is -2.16. The molecule has 0 atom stereocenters. The highest BCUT2D eigenvalue weighted by Gasteiger charge is 2.14. The fourth-order valence-corrected chi connectivity index (χ4v) is 5.94. The van der Waals surface area contributed by atoms with Crippen LogP contribution in [0.5, 0.6) is 0 Å². The van der Waals surface area contributed by atoms with Crippen LogP contribution in [0, 0.1) is 0 Å². The van der Waals surface area contributed by atoms with Crippen molar-refractivity contribution in [2.45, 2.75) is 132 Å². The van der Waals surface area contributed by atoms with Gasteiger partial charge in [0.1, 0.15) is 0 Å². The zero-order chi connectivity index (χ0) is 30.5. The quantitative estimate of drug-likeness (QED) is 0.159. The summed E-state index contributed by atoms with van der Waals surface area (Å²) in [6.45, 7) is 17.8. The van der Waals surface area contributed by atoms with Crippen LogP contribution in [0.1, 0.15) is 139 Å². The maximum atomic E-state index is 5.27. The van der Waals surface area contributed by atoms with Gasteiger partial charge in [-0.3, -0.25) is 9.98 Å². The van der Waals surface area contributed by atoms with Crippen molar-refractivity contribution in [1.29, 1.82) is 0 Å². The molecule has 2 aromatic carbocycles. The SMILES string of the molecule is CCCc1cc(CCC)c(N=C(C)c2cccc(C(C)=Nc3c(CCC)cc(CCC)cc3CCC)n2)c(CCC)c1. The molecular formula is C39H55N3. The standard InChI is InChI=1S/C39H55N3/c1-9-16-30-24-32(18-11-3)38(33(25-30)19-12-4)40-28(7)36-22-15-23-37(42-36)29(8)41-39-34(20-13-5)26-31(17-10-2)27-35(39)21-14-6/h15,22-27H,9-14,16-21H2,1-8H3. The Kier molecular flexibility index (Phi) is 13.6. The van der Waals surface area contributed by atoms with E-state index in [1.54, 1.807) is 0 Å². The second kappa shape index (κ2) is 17.1. The largest absolute Gasteiger partial charge is 0.251 e. The van der Waals surface area contributed by atoms with Crippen molar-refractivity contribution in [2.75, 3.05) is 0 Å². The van der Waals surface area contributed by atoms with E-state index < -0.39 is 0 Å². The molecule has 0 N–H and O–H groups in total. The monoisotopic (exact) mass is 565 g/mol. The average molecular weight is 566 g/mol. The summed E-state index contributed by atoms with van der Waals surface area (Å²) >= 11 is 0. The van der Waals surface area contributed by atoms with Gasteiger partial charge < -0.3 is 0 Å². The first-order valence-electron chi connectivity index (χ1n) is 16.8. The molecule has 3 heteroatoms. The van der Waals surface area contributed by atoms with Crippen LogP contribution in [-0.4, -0.2) is 16.4 Å². The third-order valence-corrected chi connectivity index (χ3v) is 7.86. The summed E-state index contributed by atoms with van der Waals surface area (Å²) in [6.07, 6.45) is 13.3. The lowest BCUT2D eigenvalue weighted by Crippen LogP contribution is -2.06. The van der Waals surface area contributed by atoms with Crippen LogP contribution in [0.25, 0.3) is 0 Å². The highest BCUT2D eigenvalue weighted by Crippen LogP contribution is 2.32. The van der Waals surface area contributed by atoms with Crippen molar-refractivity contribution in [3.63, 3.8) is 0 Å². The summed E-state index contributed by atoms with van der Waals surface area (Å²) in [6, 6.07) is 15.9. The molecule has 0 spiro atoms. The van der Waals surface area contributed by atoms with Crippen molar-refractivity contribution in [3.8, 4) is 0 Å². The molecule has 0 aliphatic carbocycles. The van der Waals surface area contributed by atoms with E-state index in [2.05, 4.69) is 97.9 Å². The first-order valence-corrected chi connectivity index (χ1v) is 16.8. The van der Waals surface area contributed by atoms with E-state index in [4.69, 9.17) is 15.0 Å². The Morgan fingerprint density at radius 2 is 0.810 bits per heavy atom. The van der Waals surface area contributed by atoms with Crippen molar-refractivity contribution in [1.82, 2.24) is 4.98 Å². The van der Waals surface area contributed by atoms with E-state index in [9.17, 15) is 0 Å². The minimum Gasteiger partial charge on any atom is -0.251 e. The highest BCUT2D eigenvalue weighted by molar-refractivity contribution is 6.02. The number of hydrogen-bond acceptors (Lipinski definition) is 3. The van der Waals surface area contributed by atoms with E-state index in [0.29, 0.717) is 0 Å². The van der Waals surface area contributed by atoms with Crippen LogP contribution < -0.4 is 0 Å². The summed E-state index contributed by atoms with van der Waals surface area (Å²) in [5, 5.41) is 0. The summed E-state index contributed by atoms with van der Waals surface area (Å²) in [7, 11) is 0. The van der Waals surface area contributed by atoms with Crippen LogP contribution in [0.4, 0.5) is 11.4 Å². The lowest BCUT2D eigenvalue weighted by molar-refractivity contribution is 0.870. The summed E-state index contributed by atoms with van der Waals surface area (Å²) < 4.78 is 0. The maximum Gasteiger partial charge on any atom is 0.0849 e. The van der Waals surface area contributed by atoms with Crippen LogP contribution in [0.15, 0.2) is 52.4 Å². The van der Waals surface area contributed by atoms with Gasteiger partial charge in [0.25, 0.3) is 0 Å². The zero-order valence-corrected chi connectivity index (χ0v) is 27.9. The second-order valence-corrected chi connectivity index (χ2v) is 11.8. The Morgan fingerprint density at radius 3 is 1.10 bits per heavy atom. The van der Waals surface area contributed by atoms with Crippen molar-refractivity contribution in [3.05, 3.63) is 87.2 Å². The van der Waals surface area contributed by atoms with Crippen molar-refractivity contribution < 1.29 is 0 Å². The Balaban J connectivity index is 2.06. The number of hydrogen-bond donors (Lipinski definition) is 0. The fourth-order valence-electron chi connectivity index (χ4n) is 5.94. The molecule has 42 heavy (non-hydrogen) atoms. The number of aromatic nitrogens is 1. The molecule has 0 saturated carbocycles.